The van der Waals surface area contributed by atoms with Gasteiger partial charge in [0.2, 0.25) is 0 Å². The summed E-state index contributed by atoms with van der Waals surface area (Å²) >= 11 is 0. The molecule has 1 aliphatic rings. The summed E-state index contributed by atoms with van der Waals surface area (Å²) in [6.07, 6.45) is 2.47. The zero-order valence-corrected chi connectivity index (χ0v) is 24.4. The molecule has 7 heteroatoms. The van der Waals surface area contributed by atoms with Gasteiger partial charge in [0.1, 0.15) is 31.7 Å². The average molecular weight is 537 g/mol. The van der Waals surface area contributed by atoms with Crippen molar-refractivity contribution in [3.8, 4) is 16.9 Å². The molecule has 0 amide bonds. The van der Waals surface area contributed by atoms with Crippen LogP contribution in [0, 0.1) is 0 Å². The molecule has 0 saturated carbocycles. The van der Waals surface area contributed by atoms with Crippen LogP contribution in [0.5, 0.6) is 5.75 Å². The van der Waals surface area contributed by atoms with Gasteiger partial charge >= 0.3 is 11.9 Å². The number of benzene rings is 2. The molecule has 1 unspecified atom stereocenters. The van der Waals surface area contributed by atoms with E-state index >= 15 is 0 Å². The minimum Gasteiger partial charge on any atom is -0.490 e. The maximum absolute atomic E-state index is 12.2. The molecule has 0 bridgehead atoms. The first-order valence-electron chi connectivity index (χ1n) is 13.2. The lowest BCUT2D eigenvalue weighted by Gasteiger charge is -2.23. The second-order valence-corrected chi connectivity index (χ2v) is 15.5. The highest BCUT2D eigenvalue weighted by Gasteiger charge is 2.26. The van der Waals surface area contributed by atoms with Crippen LogP contribution in [0.15, 0.2) is 60.7 Å². The number of hydrogen-bond donors (Lipinski definition) is 0. The van der Waals surface area contributed by atoms with Crippen LogP contribution in [0.3, 0.4) is 0 Å². The highest BCUT2D eigenvalue weighted by atomic mass is 28.3. The van der Waals surface area contributed by atoms with E-state index in [9.17, 15) is 9.59 Å². The van der Waals surface area contributed by atoms with E-state index in [-0.39, 0.29) is 19.3 Å². The van der Waals surface area contributed by atoms with E-state index in [0.29, 0.717) is 41.2 Å². The van der Waals surface area contributed by atoms with Crippen LogP contribution >= 0.6 is 0 Å². The molecular formula is C31H40O6Si. The number of ether oxygens (including phenoxy) is 4. The van der Waals surface area contributed by atoms with Crippen LogP contribution in [-0.2, 0) is 37.0 Å². The van der Waals surface area contributed by atoms with Crippen LogP contribution in [-0.4, -0.2) is 39.3 Å². The van der Waals surface area contributed by atoms with E-state index in [4.69, 9.17) is 18.9 Å². The predicted octanol–water partition coefficient (Wildman–Crippen LogP) is 6.09. The molecule has 0 N–H and O–H groups in total. The molecular weight excluding hydrogens is 496 g/mol. The Morgan fingerprint density at radius 3 is 1.92 bits per heavy atom. The largest absolute Gasteiger partial charge is 0.490 e. The summed E-state index contributed by atoms with van der Waals surface area (Å²) in [5, 5.41) is 1.42. The minimum atomic E-state index is -1.51. The Hall–Kier alpha value is -3.16. The van der Waals surface area contributed by atoms with Gasteiger partial charge in [-0.15, -0.1) is 0 Å². The Kier molecular flexibility index (Phi) is 10.1. The summed E-state index contributed by atoms with van der Waals surface area (Å²) in [4.78, 5) is 24.4. The summed E-state index contributed by atoms with van der Waals surface area (Å²) in [5.74, 6) is -0.436. The van der Waals surface area contributed by atoms with Gasteiger partial charge in [-0.05, 0) is 37.1 Å². The Morgan fingerprint density at radius 2 is 1.47 bits per heavy atom. The lowest BCUT2D eigenvalue weighted by Crippen LogP contribution is -2.40. The molecule has 1 fully saturated rings. The van der Waals surface area contributed by atoms with Crippen molar-refractivity contribution >= 4 is 25.2 Å². The molecule has 0 spiro atoms. The van der Waals surface area contributed by atoms with Crippen molar-refractivity contribution in [2.45, 2.75) is 72.1 Å². The van der Waals surface area contributed by atoms with Gasteiger partial charge in [-0.25, -0.2) is 9.59 Å². The molecule has 0 aromatic heterocycles. The molecule has 204 valence electrons. The highest BCUT2D eigenvalue weighted by Crippen LogP contribution is 2.33. The molecule has 38 heavy (non-hydrogen) atoms. The van der Waals surface area contributed by atoms with Crippen LogP contribution in [0.4, 0.5) is 0 Å². The Balaban J connectivity index is 2.00. The molecule has 2 aromatic carbocycles. The van der Waals surface area contributed by atoms with Crippen molar-refractivity contribution in [3.63, 3.8) is 0 Å². The van der Waals surface area contributed by atoms with E-state index in [1.165, 1.54) is 24.1 Å². The standard InChI is InChI=1S/C31H40O6Si/c1-8-9-14-38(6,7)28-12-10-23(11-13-28)24-15-25(17-36-30(32)21(2)3)29(35-20-27-19-34-27)26(16-24)18-37-31(33)22(4)5/h10-13,15-16,27H,2,4,8-9,14,17-20H2,1,3,5-7H3. The molecule has 6 nitrogen and oxygen atoms in total. The summed E-state index contributed by atoms with van der Waals surface area (Å²) in [7, 11) is -1.51. The Labute approximate surface area is 227 Å². The van der Waals surface area contributed by atoms with E-state index in [1.807, 2.05) is 12.1 Å². The van der Waals surface area contributed by atoms with Crippen molar-refractivity contribution in [2.24, 2.45) is 0 Å². The second-order valence-electron chi connectivity index (χ2n) is 10.7. The fraction of sp³-hybridized carbons (Fsp3) is 0.419. The molecule has 1 heterocycles. The van der Waals surface area contributed by atoms with Crippen LogP contribution < -0.4 is 9.92 Å². The molecule has 1 aliphatic heterocycles. The maximum atomic E-state index is 12.2. The first-order chi connectivity index (χ1) is 18.0. The lowest BCUT2D eigenvalue weighted by molar-refractivity contribution is -0.140. The van der Waals surface area contributed by atoms with Gasteiger partial charge in [-0.1, -0.05) is 81.5 Å². The topological polar surface area (TPSA) is 74.4 Å². The minimum absolute atomic E-state index is 0.00311. The lowest BCUT2D eigenvalue weighted by atomic mass is 9.99. The van der Waals surface area contributed by atoms with Gasteiger partial charge < -0.3 is 18.9 Å². The van der Waals surface area contributed by atoms with Crippen molar-refractivity contribution in [2.75, 3.05) is 13.2 Å². The third-order valence-electron chi connectivity index (χ3n) is 6.63. The van der Waals surface area contributed by atoms with Crippen molar-refractivity contribution < 1.29 is 28.5 Å². The normalized spacial score (nSPS) is 14.5. The SMILES string of the molecule is C=C(C)C(=O)OCc1cc(-c2ccc([Si](C)(C)CCCC)cc2)cc(COC(=O)C(=C)C)c1OCC1CO1. The Morgan fingerprint density at radius 1 is 0.947 bits per heavy atom. The molecule has 0 aliphatic carbocycles. The van der Waals surface area contributed by atoms with Crippen molar-refractivity contribution in [1.29, 1.82) is 0 Å². The third-order valence-corrected chi connectivity index (χ3v) is 10.1. The molecule has 0 radical (unpaired) electrons. The number of carbonyl (C=O) groups excluding carboxylic acids is 2. The van der Waals surface area contributed by atoms with Crippen molar-refractivity contribution in [1.82, 2.24) is 0 Å². The number of rotatable bonds is 14. The first kappa shape index (κ1) is 29.4. The monoisotopic (exact) mass is 536 g/mol. The van der Waals surface area contributed by atoms with Gasteiger partial charge in [-0.2, -0.15) is 0 Å². The molecule has 1 saturated heterocycles. The summed E-state index contributed by atoms with van der Waals surface area (Å²) in [6, 6.07) is 13.9. The highest BCUT2D eigenvalue weighted by molar-refractivity contribution is 6.89. The average Bonchev–Trinajstić information content (AvgIpc) is 3.72. The number of carbonyl (C=O) groups is 2. The molecule has 1 atom stereocenters. The Bertz CT molecular complexity index is 1130. The van der Waals surface area contributed by atoms with Gasteiger partial charge in [0, 0.05) is 22.3 Å². The third kappa shape index (κ3) is 8.17. The predicted molar refractivity (Wildman–Crippen MR) is 153 cm³/mol. The molecule has 2 aromatic rings. The number of unbranched alkanes of at least 4 members (excludes halogenated alkanes) is 1. The summed E-state index contributed by atoms with van der Waals surface area (Å²) < 4.78 is 22.4. The zero-order chi connectivity index (χ0) is 27.9. The maximum Gasteiger partial charge on any atom is 0.333 e. The zero-order valence-electron chi connectivity index (χ0n) is 23.4. The van der Waals surface area contributed by atoms with Crippen LogP contribution in [0.25, 0.3) is 11.1 Å². The van der Waals surface area contributed by atoms with E-state index < -0.39 is 20.0 Å². The van der Waals surface area contributed by atoms with Crippen molar-refractivity contribution in [3.05, 3.63) is 71.8 Å². The van der Waals surface area contributed by atoms with Crippen LogP contribution in [0.1, 0.15) is 44.7 Å². The number of epoxide rings is 1. The fourth-order valence-corrected chi connectivity index (χ4v) is 6.67. The van der Waals surface area contributed by atoms with Gasteiger partial charge in [0.15, 0.2) is 0 Å². The summed E-state index contributed by atoms with van der Waals surface area (Å²) in [5.41, 5.74) is 3.93. The van der Waals surface area contributed by atoms with E-state index in [0.717, 1.165) is 11.1 Å². The summed E-state index contributed by atoms with van der Waals surface area (Å²) in [6.45, 7) is 18.6. The van der Waals surface area contributed by atoms with Gasteiger partial charge in [0.05, 0.1) is 14.7 Å². The quantitative estimate of drug-likeness (QED) is 0.126. The van der Waals surface area contributed by atoms with Gasteiger partial charge in [-0.3, -0.25) is 0 Å². The van der Waals surface area contributed by atoms with Crippen LogP contribution in [0.2, 0.25) is 19.1 Å². The molecule has 3 rings (SSSR count). The second kappa shape index (κ2) is 13.1. The van der Waals surface area contributed by atoms with E-state index in [2.05, 4.69) is 57.4 Å². The fourth-order valence-electron chi connectivity index (χ4n) is 4.07. The van der Waals surface area contributed by atoms with Gasteiger partial charge in [0.25, 0.3) is 0 Å². The van der Waals surface area contributed by atoms with E-state index in [1.54, 1.807) is 13.8 Å². The first-order valence-corrected chi connectivity index (χ1v) is 16.4. The number of hydrogen-bond acceptors (Lipinski definition) is 6. The number of esters is 2. The smallest absolute Gasteiger partial charge is 0.333 e.